The van der Waals surface area contributed by atoms with E-state index < -0.39 is 11.5 Å². The summed E-state index contributed by atoms with van der Waals surface area (Å²) in [4.78, 5) is 22.2. The number of alkyl halides is 2. The lowest BCUT2D eigenvalue weighted by Crippen LogP contribution is -2.04. The van der Waals surface area contributed by atoms with Gasteiger partial charge in [-0.25, -0.2) is 0 Å². The summed E-state index contributed by atoms with van der Waals surface area (Å²) in [5.74, 6) is -0.316. The third-order valence-corrected chi connectivity index (χ3v) is 3.27. The first-order valence-electron chi connectivity index (χ1n) is 7.59. The number of ketones is 1. The van der Waals surface area contributed by atoms with Gasteiger partial charge in [0.25, 0.3) is 5.69 Å². The molecule has 2 aromatic rings. The van der Waals surface area contributed by atoms with Gasteiger partial charge in [-0.05, 0) is 42.8 Å². The van der Waals surface area contributed by atoms with Gasteiger partial charge in [0.05, 0.1) is 11.5 Å². The van der Waals surface area contributed by atoms with Gasteiger partial charge in [0.1, 0.15) is 0 Å². The molecule has 0 saturated carbocycles. The molecule has 6 nitrogen and oxygen atoms in total. The second kappa shape index (κ2) is 8.70. The van der Waals surface area contributed by atoms with Crippen molar-refractivity contribution in [2.24, 2.45) is 0 Å². The highest BCUT2D eigenvalue weighted by Gasteiger charge is 2.11. The lowest BCUT2D eigenvalue weighted by molar-refractivity contribution is -0.384. The van der Waals surface area contributed by atoms with Gasteiger partial charge in [0, 0.05) is 17.7 Å². The summed E-state index contributed by atoms with van der Waals surface area (Å²) in [5, 5.41) is 10.6. The van der Waals surface area contributed by atoms with Crippen LogP contribution in [0.1, 0.15) is 22.8 Å². The van der Waals surface area contributed by atoms with Crippen LogP contribution in [-0.4, -0.2) is 23.9 Å². The zero-order chi connectivity index (χ0) is 19.1. The molecule has 2 rings (SSSR count). The summed E-state index contributed by atoms with van der Waals surface area (Å²) in [6.07, 6.45) is 2.76. The smallest absolute Gasteiger partial charge is 0.387 e. The van der Waals surface area contributed by atoms with Gasteiger partial charge in [-0.1, -0.05) is 12.1 Å². The van der Waals surface area contributed by atoms with E-state index in [1.54, 1.807) is 6.92 Å². The molecule has 0 saturated heterocycles. The number of nitro benzene ring substituents is 1. The Morgan fingerprint density at radius 3 is 2.46 bits per heavy atom. The highest BCUT2D eigenvalue weighted by Crippen LogP contribution is 2.30. The zero-order valence-corrected chi connectivity index (χ0v) is 13.7. The summed E-state index contributed by atoms with van der Waals surface area (Å²) in [6.45, 7) is -1.01. The molecule has 0 atom stereocenters. The zero-order valence-electron chi connectivity index (χ0n) is 13.7. The number of non-ortho nitro benzene ring substituents is 1. The van der Waals surface area contributed by atoms with E-state index in [4.69, 9.17) is 4.74 Å². The number of carbonyl (C=O) groups is 1. The van der Waals surface area contributed by atoms with E-state index in [1.807, 2.05) is 0 Å². The van der Waals surface area contributed by atoms with Gasteiger partial charge in [-0.2, -0.15) is 8.78 Å². The molecular weight excluding hydrogens is 348 g/mol. The van der Waals surface area contributed by atoms with E-state index in [0.29, 0.717) is 5.56 Å². The van der Waals surface area contributed by atoms with Crippen LogP contribution in [0.4, 0.5) is 14.5 Å². The standard InChI is InChI=1S/C18H15F2NO5/c1-2-25-17-11-12(4-10-16(17)26-18(19)20)3-9-15(22)13-5-7-14(8-6-13)21(23)24/h3-11,18H,2H2,1H3/b9-3+. The largest absolute Gasteiger partial charge is 0.490 e. The first kappa shape index (κ1) is 19.0. The van der Waals surface area contributed by atoms with E-state index in [9.17, 15) is 23.7 Å². The Hall–Kier alpha value is -3.29. The van der Waals surface area contributed by atoms with Gasteiger partial charge in [-0.15, -0.1) is 0 Å². The van der Waals surface area contributed by atoms with Crippen LogP contribution in [-0.2, 0) is 0 Å². The van der Waals surface area contributed by atoms with Crippen molar-refractivity contribution < 1.29 is 28.0 Å². The fourth-order valence-corrected chi connectivity index (χ4v) is 2.11. The lowest BCUT2D eigenvalue weighted by Gasteiger charge is -2.11. The fraction of sp³-hybridized carbons (Fsp3) is 0.167. The first-order chi connectivity index (χ1) is 12.4. The second-order valence-electron chi connectivity index (χ2n) is 5.02. The first-order valence-corrected chi connectivity index (χ1v) is 7.59. The van der Waals surface area contributed by atoms with Crippen molar-refractivity contribution in [1.29, 1.82) is 0 Å². The predicted octanol–water partition coefficient (Wildman–Crippen LogP) is 4.49. The van der Waals surface area contributed by atoms with Gasteiger partial charge in [0.15, 0.2) is 17.3 Å². The predicted molar refractivity (Wildman–Crippen MR) is 90.7 cm³/mol. The van der Waals surface area contributed by atoms with Crippen LogP contribution < -0.4 is 9.47 Å². The van der Waals surface area contributed by atoms with Crippen LogP contribution in [0.2, 0.25) is 0 Å². The molecule has 0 heterocycles. The SMILES string of the molecule is CCOc1cc(/C=C/C(=O)c2ccc([N+](=O)[O-])cc2)ccc1OC(F)F. The van der Waals surface area contributed by atoms with E-state index in [-0.39, 0.29) is 35.1 Å². The molecule has 0 bridgehead atoms. The third-order valence-electron chi connectivity index (χ3n) is 3.27. The molecule has 26 heavy (non-hydrogen) atoms. The molecule has 2 aromatic carbocycles. The quantitative estimate of drug-likeness (QED) is 0.299. The topological polar surface area (TPSA) is 78.7 Å². The van der Waals surface area contributed by atoms with Crippen LogP contribution in [0.25, 0.3) is 6.08 Å². The van der Waals surface area contributed by atoms with Gasteiger partial charge in [0.2, 0.25) is 0 Å². The highest BCUT2D eigenvalue weighted by molar-refractivity contribution is 6.06. The maximum Gasteiger partial charge on any atom is 0.387 e. The maximum atomic E-state index is 12.4. The van der Waals surface area contributed by atoms with Crippen molar-refractivity contribution in [1.82, 2.24) is 0 Å². The Labute approximate surface area is 147 Å². The molecule has 0 N–H and O–H groups in total. The Morgan fingerprint density at radius 2 is 1.88 bits per heavy atom. The number of halogens is 2. The van der Waals surface area contributed by atoms with Crippen LogP contribution in [0.5, 0.6) is 11.5 Å². The van der Waals surface area contributed by atoms with E-state index in [1.165, 1.54) is 54.6 Å². The monoisotopic (exact) mass is 363 g/mol. The number of carbonyl (C=O) groups excluding carboxylic acids is 1. The number of benzene rings is 2. The number of ether oxygens (including phenoxy) is 2. The minimum absolute atomic E-state index is 0.0966. The van der Waals surface area contributed by atoms with Crippen LogP contribution >= 0.6 is 0 Å². The summed E-state index contributed by atoms with van der Waals surface area (Å²) in [6, 6.07) is 9.50. The van der Waals surface area contributed by atoms with Gasteiger partial charge < -0.3 is 9.47 Å². The van der Waals surface area contributed by atoms with Crippen molar-refractivity contribution in [3.63, 3.8) is 0 Å². The van der Waals surface area contributed by atoms with Crippen LogP contribution in [0.3, 0.4) is 0 Å². The van der Waals surface area contributed by atoms with Crippen molar-refractivity contribution >= 4 is 17.5 Å². The van der Waals surface area contributed by atoms with Gasteiger partial charge in [-0.3, -0.25) is 14.9 Å². The molecule has 0 unspecified atom stereocenters. The average Bonchev–Trinajstić information content (AvgIpc) is 2.61. The van der Waals surface area contributed by atoms with E-state index in [0.717, 1.165) is 0 Å². The number of hydrogen-bond donors (Lipinski definition) is 0. The Morgan fingerprint density at radius 1 is 1.19 bits per heavy atom. The van der Waals surface area contributed by atoms with Crippen molar-refractivity contribution in [3.8, 4) is 11.5 Å². The van der Waals surface area contributed by atoms with Crippen molar-refractivity contribution in [2.45, 2.75) is 13.5 Å². The molecule has 0 aliphatic heterocycles. The minimum Gasteiger partial charge on any atom is -0.490 e. The molecule has 0 spiro atoms. The molecule has 0 amide bonds. The summed E-state index contributed by atoms with van der Waals surface area (Å²) in [7, 11) is 0. The van der Waals surface area contributed by atoms with E-state index in [2.05, 4.69) is 4.74 Å². The molecular formula is C18H15F2NO5. The average molecular weight is 363 g/mol. The lowest BCUT2D eigenvalue weighted by atomic mass is 10.1. The minimum atomic E-state index is -2.97. The molecule has 0 aromatic heterocycles. The summed E-state index contributed by atoms with van der Waals surface area (Å²) in [5.41, 5.74) is 0.723. The summed E-state index contributed by atoms with van der Waals surface area (Å²) >= 11 is 0. The molecule has 0 aliphatic carbocycles. The van der Waals surface area contributed by atoms with E-state index >= 15 is 0 Å². The number of nitro groups is 1. The molecule has 0 aliphatic rings. The normalized spacial score (nSPS) is 10.9. The number of nitrogens with zero attached hydrogens (tertiary/aromatic N) is 1. The Kier molecular flexibility index (Phi) is 6.37. The number of allylic oxidation sites excluding steroid dienone is 1. The molecule has 8 heteroatoms. The van der Waals surface area contributed by atoms with Crippen LogP contribution in [0.15, 0.2) is 48.5 Å². The van der Waals surface area contributed by atoms with Crippen molar-refractivity contribution in [2.75, 3.05) is 6.61 Å². The number of rotatable bonds is 8. The Balaban J connectivity index is 2.16. The van der Waals surface area contributed by atoms with Crippen LogP contribution in [0, 0.1) is 10.1 Å². The number of hydrogen-bond acceptors (Lipinski definition) is 5. The molecule has 0 radical (unpaired) electrons. The molecule has 136 valence electrons. The Bertz CT molecular complexity index is 819. The fourth-order valence-electron chi connectivity index (χ4n) is 2.11. The van der Waals surface area contributed by atoms with Gasteiger partial charge >= 0.3 is 6.61 Å². The molecule has 0 fully saturated rings. The highest BCUT2D eigenvalue weighted by atomic mass is 19.3. The third kappa shape index (κ3) is 5.10. The second-order valence-corrected chi connectivity index (χ2v) is 5.02. The maximum absolute atomic E-state index is 12.4. The summed E-state index contributed by atoms with van der Waals surface area (Å²) < 4.78 is 34.4. The van der Waals surface area contributed by atoms with Crippen molar-refractivity contribution in [3.05, 3.63) is 69.8 Å².